The molecule has 1 saturated carbocycles. The highest BCUT2D eigenvalue weighted by Crippen LogP contribution is 2.21. The number of carbonyl (C=O) groups excluding carboxylic acids is 1. The topological polar surface area (TPSA) is 56.7 Å². The van der Waals surface area contributed by atoms with Crippen molar-refractivity contribution in [3.63, 3.8) is 0 Å². The number of carbonyl (C=O) groups is 1. The highest BCUT2D eigenvalue weighted by molar-refractivity contribution is 8.00. The lowest BCUT2D eigenvalue weighted by molar-refractivity contribution is -0.121. The molecule has 0 aromatic heterocycles. The van der Waals surface area contributed by atoms with Crippen molar-refractivity contribution in [1.82, 2.24) is 15.5 Å². The van der Waals surface area contributed by atoms with Crippen LogP contribution in [0.15, 0.2) is 4.99 Å². The summed E-state index contributed by atoms with van der Waals surface area (Å²) >= 11 is 2.07. The molecule has 0 spiro atoms. The summed E-state index contributed by atoms with van der Waals surface area (Å²) in [4.78, 5) is 18.7. The van der Waals surface area contributed by atoms with Crippen LogP contribution in [-0.4, -0.2) is 60.0 Å². The maximum Gasteiger partial charge on any atom is 0.220 e. The van der Waals surface area contributed by atoms with Crippen molar-refractivity contribution in [3.8, 4) is 0 Å². The van der Waals surface area contributed by atoms with Crippen LogP contribution in [-0.2, 0) is 4.79 Å². The number of hydrogen-bond donors (Lipinski definition) is 2. The van der Waals surface area contributed by atoms with E-state index in [0.29, 0.717) is 17.7 Å². The van der Waals surface area contributed by atoms with Crippen LogP contribution in [0.5, 0.6) is 0 Å². The third-order valence-corrected chi connectivity index (χ3v) is 5.37. The molecule has 1 amide bonds. The second-order valence-corrected chi connectivity index (χ2v) is 7.44. The first-order valence-electron chi connectivity index (χ1n) is 8.67. The quantitative estimate of drug-likeness (QED) is 0.426. The molecule has 0 aromatic rings. The number of thioether (sulfide) groups is 1. The van der Waals surface area contributed by atoms with Gasteiger partial charge in [-0.15, -0.1) is 0 Å². The lowest BCUT2D eigenvalue weighted by atomic mass is 10.3. The van der Waals surface area contributed by atoms with Crippen LogP contribution in [0, 0.1) is 0 Å². The van der Waals surface area contributed by atoms with Gasteiger partial charge in [-0.3, -0.25) is 9.79 Å². The minimum atomic E-state index is 0.183. The van der Waals surface area contributed by atoms with Crippen molar-refractivity contribution >= 4 is 23.6 Å². The van der Waals surface area contributed by atoms with E-state index in [1.54, 1.807) is 0 Å². The molecule has 22 heavy (non-hydrogen) atoms. The Kier molecular flexibility index (Phi) is 7.36. The molecule has 2 fully saturated rings. The number of amides is 1. The first-order chi connectivity index (χ1) is 10.7. The molecule has 2 rings (SSSR count). The summed E-state index contributed by atoms with van der Waals surface area (Å²) in [5.41, 5.74) is 0. The Balaban J connectivity index is 1.74. The van der Waals surface area contributed by atoms with Gasteiger partial charge in [-0.1, -0.05) is 6.92 Å². The fourth-order valence-corrected chi connectivity index (χ4v) is 3.72. The number of aliphatic imine (C=N–C) groups is 1. The van der Waals surface area contributed by atoms with Gasteiger partial charge in [-0.05, 0) is 32.6 Å². The third-order valence-electron chi connectivity index (χ3n) is 3.99. The fraction of sp³-hybridized carbons (Fsp3) is 0.875. The van der Waals surface area contributed by atoms with Crippen molar-refractivity contribution in [2.24, 2.45) is 4.99 Å². The highest BCUT2D eigenvalue weighted by Gasteiger charge is 2.23. The Morgan fingerprint density at radius 2 is 2.18 bits per heavy atom. The smallest absolute Gasteiger partial charge is 0.220 e. The minimum Gasteiger partial charge on any atom is -0.357 e. The molecule has 1 saturated heterocycles. The number of nitrogens with zero attached hydrogens (tertiary/aromatic N) is 2. The molecule has 1 aliphatic carbocycles. The lowest BCUT2D eigenvalue weighted by Gasteiger charge is -2.34. The van der Waals surface area contributed by atoms with E-state index in [1.807, 2.05) is 0 Å². The minimum absolute atomic E-state index is 0.183. The standard InChI is InChI=1S/C16H30N4OS/c1-3-14-12-20(10-11-22-14)16(17-4-2)18-9-5-6-15(21)19-13-7-8-13/h13-14H,3-12H2,1-2H3,(H,17,18)(H,19,21). The molecular weight excluding hydrogens is 296 g/mol. The van der Waals surface area contributed by atoms with E-state index < -0.39 is 0 Å². The predicted molar refractivity (Wildman–Crippen MR) is 94.5 cm³/mol. The predicted octanol–water partition coefficient (Wildman–Crippen LogP) is 1.84. The maximum atomic E-state index is 11.7. The van der Waals surface area contributed by atoms with Gasteiger partial charge in [0.2, 0.25) is 5.91 Å². The molecule has 1 unspecified atom stereocenters. The Labute approximate surface area is 138 Å². The highest BCUT2D eigenvalue weighted by atomic mass is 32.2. The Bertz CT molecular complexity index is 384. The summed E-state index contributed by atoms with van der Waals surface area (Å²) in [7, 11) is 0. The van der Waals surface area contributed by atoms with Crippen LogP contribution in [0.1, 0.15) is 46.0 Å². The van der Waals surface area contributed by atoms with Crippen molar-refractivity contribution < 1.29 is 4.79 Å². The molecule has 2 aliphatic rings. The Morgan fingerprint density at radius 1 is 1.36 bits per heavy atom. The van der Waals surface area contributed by atoms with Crippen molar-refractivity contribution in [2.45, 2.75) is 57.2 Å². The number of nitrogens with one attached hydrogen (secondary N) is 2. The van der Waals surface area contributed by atoms with Crippen LogP contribution in [0.3, 0.4) is 0 Å². The van der Waals surface area contributed by atoms with Crippen LogP contribution in [0.2, 0.25) is 0 Å². The zero-order chi connectivity index (χ0) is 15.8. The van der Waals surface area contributed by atoms with Gasteiger partial charge in [0.05, 0.1) is 0 Å². The lowest BCUT2D eigenvalue weighted by Crippen LogP contribution is -2.48. The normalized spacial score (nSPS) is 22.5. The van der Waals surface area contributed by atoms with E-state index in [2.05, 4.69) is 41.1 Å². The molecular formula is C16H30N4OS. The van der Waals surface area contributed by atoms with Crippen LogP contribution in [0.25, 0.3) is 0 Å². The average Bonchev–Trinajstić information content (AvgIpc) is 3.34. The van der Waals surface area contributed by atoms with Gasteiger partial charge in [-0.2, -0.15) is 11.8 Å². The van der Waals surface area contributed by atoms with Gasteiger partial charge in [0.1, 0.15) is 0 Å². The fourth-order valence-electron chi connectivity index (χ4n) is 2.54. The third kappa shape index (κ3) is 6.07. The molecule has 0 aromatic carbocycles. The first kappa shape index (κ1) is 17.4. The average molecular weight is 327 g/mol. The van der Waals surface area contributed by atoms with Gasteiger partial charge in [-0.25, -0.2) is 0 Å². The molecule has 5 nitrogen and oxygen atoms in total. The van der Waals surface area contributed by atoms with Gasteiger partial charge in [0, 0.05) is 49.6 Å². The van der Waals surface area contributed by atoms with Gasteiger partial charge >= 0.3 is 0 Å². The van der Waals surface area contributed by atoms with E-state index in [1.165, 1.54) is 12.2 Å². The van der Waals surface area contributed by atoms with Crippen LogP contribution >= 0.6 is 11.8 Å². The molecule has 0 bridgehead atoms. The van der Waals surface area contributed by atoms with Crippen LogP contribution in [0.4, 0.5) is 0 Å². The van der Waals surface area contributed by atoms with Gasteiger partial charge in [0.25, 0.3) is 0 Å². The summed E-state index contributed by atoms with van der Waals surface area (Å²) < 4.78 is 0. The molecule has 1 heterocycles. The van der Waals surface area contributed by atoms with Crippen LogP contribution < -0.4 is 10.6 Å². The summed E-state index contributed by atoms with van der Waals surface area (Å²) in [5.74, 6) is 2.37. The van der Waals surface area contributed by atoms with E-state index >= 15 is 0 Å². The molecule has 1 atom stereocenters. The summed E-state index contributed by atoms with van der Waals surface area (Å²) in [6, 6.07) is 0.463. The molecule has 1 aliphatic heterocycles. The number of hydrogen-bond acceptors (Lipinski definition) is 3. The van der Waals surface area contributed by atoms with Gasteiger partial charge in [0.15, 0.2) is 5.96 Å². The SMILES string of the molecule is CCNC(=NCCCC(=O)NC1CC1)N1CCSC(CC)C1. The molecule has 0 radical (unpaired) electrons. The summed E-state index contributed by atoms with van der Waals surface area (Å²) in [6.07, 6.45) is 4.93. The van der Waals surface area contributed by atoms with Crippen molar-refractivity contribution in [3.05, 3.63) is 0 Å². The monoisotopic (exact) mass is 326 g/mol. The van der Waals surface area contributed by atoms with Gasteiger partial charge < -0.3 is 15.5 Å². The first-order valence-corrected chi connectivity index (χ1v) is 9.72. The Morgan fingerprint density at radius 3 is 2.86 bits per heavy atom. The molecule has 2 N–H and O–H groups in total. The maximum absolute atomic E-state index is 11.7. The number of guanidine groups is 1. The molecule has 126 valence electrons. The molecule has 6 heteroatoms. The second-order valence-electron chi connectivity index (χ2n) is 6.03. The summed E-state index contributed by atoms with van der Waals surface area (Å²) in [6.45, 7) is 8.12. The van der Waals surface area contributed by atoms with E-state index in [9.17, 15) is 4.79 Å². The van der Waals surface area contributed by atoms with E-state index in [-0.39, 0.29) is 5.91 Å². The van der Waals surface area contributed by atoms with Crippen molar-refractivity contribution in [1.29, 1.82) is 0 Å². The van der Waals surface area contributed by atoms with E-state index in [0.717, 1.165) is 51.4 Å². The largest absolute Gasteiger partial charge is 0.357 e. The zero-order valence-electron chi connectivity index (χ0n) is 13.9. The Hall–Kier alpha value is -0.910. The second kappa shape index (κ2) is 9.28. The van der Waals surface area contributed by atoms with Crippen molar-refractivity contribution in [2.75, 3.05) is 31.9 Å². The van der Waals surface area contributed by atoms with E-state index in [4.69, 9.17) is 4.99 Å². The zero-order valence-corrected chi connectivity index (χ0v) is 14.8. The summed E-state index contributed by atoms with van der Waals surface area (Å²) in [5, 5.41) is 7.13. The number of rotatable bonds is 7.